The quantitative estimate of drug-likeness (QED) is 0.840. The Morgan fingerprint density at radius 1 is 1.45 bits per heavy atom. The lowest BCUT2D eigenvalue weighted by molar-refractivity contribution is -0.118. The summed E-state index contributed by atoms with van der Waals surface area (Å²) in [4.78, 5) is 10.8. The molecule has 0 saturated carbocycles. The second-order valence-electron chi connectivity index (χ2n) is 4.77. The van der Waals surface area contributed by atoms with Crippen LogP contribution in [-0.4, -0.2) is 21.7 Å². The molecule has 0 radical (unpaired) electrons. The van der Waals surface area contributed by atoms with Crippen molar-refractivity contribution in [3.8, 4) is 0 Å². The molecule has 20 heavy (non-hydrogen) atoms. The molecule has 1 atom stereocenters. The highest BCUT2D eigenvalue weighted by molar-refractivity contribution is 5.73. The minimum absolute atomic E-state index is 0.0635. The molecule has 6 heteroatoms. The Bertz CT molecular complexity index is 579. The second-order valence-corrected chi connectivity index (χ2v) is 4.77. The van der Waals surface area contributed by atoms with E-state index in [9.17, 15) is 9.18 Å². The Balaban J connectivity index is 1.90. The number of amides is 1. The first-order valence-electron chi connectivity index (χ1n) is 6.34. The van der Waals surface area contributed by atoms with E-state index in [1.54, 1.807) is 24.5 Å². The number of nitrogens with zero attached hydrogens (tertiary/aromatic N) is 2. The van der Waals surface area contributed by atoms with Crippen LogP contribution >= 0.6 is 0 Å². The van der Waals surface area contributed by atoms with E-state index >= 15 is 0 Å². The van der Waals surface area contributed by atoms with Gasteiger partial charge >= 0.3 is 0 Å². The summed E-state index contributed by atoms with van der Waals surface area (Å²) >= 11 is 0. The molecule has 1 heterocycles. The summed E-state index contributed by atoms with van der Waals surface area (Å²) in [6, 6.07) is 6.60. The average Bonchev–Trinajstić information content (AvgIpc) is 2.78. The van der Waals surface area contributed by atoms with Crippen LogP contribution in [0.5, 0.6) is 0 Å². The van der Waals surface area contributed by atoms with Crippen molar-refractivity contribution in [3.05, 3.63) is 48.0 Å². The smallest absolute Gasteiger partial charge is 0.239 e. The summed E-state index contributed by atoms with van der Waals surface area (Å²) in [5.41, 5.74) is 6.97. The summed E-state index contributed by atoms with van der Waals surface area (Å²) in [5, 5.41) is 7.30. The van der Waals surface area contributed by atoms with Crippen LogP contribution in [-0.2, 0) is 17.8 Å². The normalized spacial score (nSPS) is 12.1. The number of halogens is 1. The molecule has 0 aliphatic carbocycles. The third-order valence-electron chi connectivity index (χ3n) is 2.82. The van der Waals surface area contributed by atoms with Crippen LogP contribution < -0.4 is 11.1 Å². The number of hydrogen-bond acceptors (Lipinski definition) is 3. The Morgan fingerprint density at radius 2 is 2.15 bits per heavy atom. The first kappa shape index (κ1) is 14.0. The summed E-state index contributed by atoms with van der Waals surface area (Å²) in [7, 11) is 0. The summed E-state index contributed by atoms with van der Waals surface area (Å²) in [6.45, 7) is 2.09. The van der Waals surface area contributed by atoms with E-state index in [0.717, 1.165) is 17.7 Å². The molecule has 1 aromatic carbocycles. The number of rotatable bonds is 6. The first-order chi connectivity index (χ1) is 9.52. The zero-order valence-electron chi connectivity index (χ0n) is 11.2. The molecule has 0 bridgehead atoms. The molecular formula is C14H17FN4O. The highest BCUT2D eigenvalue weighted by atomic mass is 19.1. The predicted molar refractivity (Wildman–Crippen MR) is 74.6 cm³/mol. The zero-order valence-corrected chi connectivity index (χ0v) is 11.2. The van der Waals surface area contributed by atoms with Gasteiger partial charge < -0.3 is 11.1 Å². The Kier molecular flexibility index (Phi) is 4.34. The number of nitrogens with two attached hydrogens (primary N) is 1. The maximum Gasteiger partial charge on any atom is 0.239 e. The molecule has 5 nitrogen and oxygen atoms in total. The first-order valence-corrected chi connectivity index (χ1v) is 6.34. The van der Waals surface area contributed by atoms with Gasteiger partial charge in [0.25, 0.3) is 0 Å². The average molecular weight is 276 g/mol. The van der Waals surface area contributed by atoms with Gasteiger partial charge in [-0.3, -0.25) is 9.48 Å². The van der Waals surface area contributed by atoms with E-state index in [1.165, 1.54) is 16.8 Å². The summed E-state index contributed by atoms with van der Waals surface area (Å²) in [6.07, 6.45) is 4.14. The van der Waals surface area contributed by atoms with Crippen LogP contribution in [0.2, 0.25) is 0 Å². The fraction of sp³-hybridized carbons (Fsp3) is 0.286. The molecule has 1 aromatic heterocycles. The molecule has 1 amide bonds. The van der Waals surface area contributed by atoms with Gasteiger partial charge in [-0.05, 0) is 31.0 Å². The minimum atomic E-state index is -0.431. The third kappa shape index (κ3) is 4.08. The van der Waals surface area contributed by atoms with E-state index < -0.39 is 5.91 Å². The van der Waals surface area contributed by atoms with Crippen LogP contribution in [0.15, 0.2) is 36.7 Å². The zero-order chi connectivity index (χ0) is 14.5. The summed E-state index contributed by atoms with van der Waals surface area (Å²) < 4.78 is 14.3. The lowest BCUT2D eigenvalue weighted by Gasteiger charge is -2.13. The summed E-state index contributed by atoms with van der Waals surface area (Å²) in [5.74, 6) is -0.666. The maximum atomic E-state index is 12.8. The van der Waals surface area contributed by atoms with Gasteiger partial charge in [-0.1, -0.05) is 12.1 Å². The van der Waals surface area contributed by atoms with Gasteiger partial charge in [0.15, 0.2) is 0 Å². The molecule has 1 unspecified atom stereocenters. The van der Waals surface area contributed by atoms with Crippen LogP contribution in [0.4, 0.5) is 10.1 Å². The number of anilines is 1. The van der Waals surface area contributed by atoms with Crippen molar-refractivity contribution in [1.82, 2.24) is 9.78 Å². The number of benzene rings is 1. The number of nitrogens with one attached hydrogen (secondary N) is 1. The predicted octanol–water partition coefficient (Wildman–Crippen LogP) is 1.55. The molecule has 3 N–H and O–H groups in total. The van der Waals surface area contributed by atoms with Crippen molar-refractivity contribution in [1.29, 1.82) is 0 Å². The van der Waals surface area contributed by atoms with Crippen molar-refractivity contribution in [2.45, 2.75) is 25.9 Å². The molecular weight excluding hydrogens is 259 g/mol. The van der Waals surface area contributed by atoms with Crippen molar-refractivity contribution in [3.63, 3.8) is 0 Å². The standard InChI is InChI=1S/C14H17FN4O/c1-10(6-11-2-4-12(15)5-3-11)18-13-7-17-19(8-13)9-14(16)20/h2-5,7-8,10,18H,6,9H2,1H3,(H2,16,20). The number of carbonyl (C=O) groups is 1. The van der Waals surface area contributed by atoms with Crippen molar-refractivity contribution >= 4 is 11.6 Å². The van der Waals surface area contributed by atoms with Gasteiger partial charge in [0.1, 0.15) is 12.4 Å². The van der Waals surface area contributed by atoms with Gasteiger partial charge in [-0.15, -0.1) is 0 Å². The lowest BCUT2D eigenvalue weighted by Crippen LogP contribution is -2.19. The number of carbonyl (C=O) groups excluding carboxylic acids is 1. The largest absolute Gasteiger partial charge is 0.380 e. The van der Waals surface area contributed by atoms with Gasteiger partial charge in [-0.25, -0.2) is 4.39 Å². The maximum absolute atomic E-state index is 12.8. The van der Waals surface area contributed by atoms with Gasteiger partial charge in [0.05, 0.1) is 11.9 Å². The fourth-order valence-corrected chi connectivity index (χ4v) is 1.99. The van der Waals surface area contributed by atoms with Crippen LogP contribution in [0.25, 0.3) is 0 Å². The topological polar surface area (TPSA) is 72.9 Å². The molecule has 2 aromatic rings. The van der Waals surface area contributed by atoms with Crippen molar-refractivity contribution in [2.24, 2.45) is 5.73 Å². The van der Waals surface area contributed by atoms with Gasteiger partial charge in [0, 0.05) is 12.2 Å². The minimum Gasteiger partial charge on any atom is -0.380 e. The SMILES string of the molecule is CC(Cc1ccc(F)cc1)Nc1cnn(CC(N)=O)c1. The van der Waals surface area contributed by atoms with Crippen LogP contribution in [0.1, 0.15) is 12.5 Å². The Hall–Kier alpha value is -2.37. The third-order valence-corrected chi connectivity index (χ3v) is 2.82. The van der Waals surface area contributed by atoms with E-state index in [2.05, 4.69) is 10.4 Å². The van der Waals surface area contributed by atoms with Gasteiger partial charge in [-0.2, -0.15) is 5.10 Å². The fourth-order valence-electron chi connectivity index (χ4n) is 1.99. The van der Waals surface area contributed by atoms with E-state index in [-0.39, 0.29) is 18.4 Å². The van der Waals surface area contributed by atoms with Crippen LogP contribution in [0, 0.1) is 5.82 Å². The number of primary amides is 1. The molecule has 0 aliphatic rings. The van der Waals surface area contributed by atoms with Crippen molar-refractivity contribution in [2.75, 3.05) is 5.32 Å². The molecule has 0 spiro atoms. The van der Waals surface area contributed by atoms with E-state index in [1.807, 2.05) is 6.92 Å². The lowest BCUT2D eigenvalue weighted by atomic mass is 10.1. The number of aromatic nitrogens is 2. The number of hydrogen-bond donors (Lipinski definition) is 2. The van der Waals surface area contributed by atoms with E-state index in [0.29, 0.717) is 0 Å². The highest BCUT2D eigenvalue weighted by Gasteiger charge is 2.06. The highest BCUT2D eigenvalue weighted by Crippen LogP contribution is 2.11. The Labute approximate surface area is 116 Å². The second kappa shape index (κ2) is 6.18. The van der Waals surface area contributed by atoms with Crippen molar-refractivity contribution < 1.29 is 9.18 Å². The van der Waals surface area contributed by atoms with Crippen LogP contribution in [0.3, 0.4) is 0 Å². The molecule has 106 valence electrons. The monoisotopic (exact) mass is 276 g/mol. The Morgan fingerprint density at radius 3 is 2.80 bits per heavy atom. The van der Waals surface area contributed by atoms with Gasteiger partial charge in [0.2, 0.25) is 5.91 Å². The molecule has 0 saturated heterocycles. The van der Waals surface area contributed by atoms with E-state index in [4.69, 9.17) is 5.73 Å². The molecule has 2 rings (SSSR count). The molecule has 0 aliphatic heterocycles. The molecule has 0 fully saturated rings.